The molecule has 2 rings (SSSR count). The molecule has 0 aliphatic carbocycles. The van der Waals surface area contributed by atoms with Crippen LogP contribution in [0.1, 0.15) is 0 Å². The number of aromatic amines is 2. The van der Waals surface area contributed by atoms with Crippen molar-refractivity contribution in [1.29, 1.82) is 0 Å². The van der Waals surface area contributed by atoms with E-state index in [0.29, 0.717) is 12.1 Å². The van der Waals surface area contributed by atoms with Gasteiger partial charge in [-0.25, -0.2) is 0 Å². The van der Waals surface area contributed by atoms with Gasteiger partial charge in [-0.1, -0.05) is 0 Å². The molecular weight excluding hydrogens is 287 g/mol. The SMILES string of the molecule is O=c1[nH]c2cc(OC(F)(F)F)c([N+](=O)[O-])cc2[nH]c1=O. The van der Waals surface area contributed by atoms with Gasteiger partial charge in [-0.15, -0.1) is 13.2 Å². The summed E-state index contributed by atoms with van der Waals surface area (Å²) in [6, 6.07) is 1.27. The highest BCUT2D eigenvalue weighted by Crippen LogP contribution is 2.34. The van der Waals surface area contributed by atoms with E-state index in [0.717, 1.165) is 0 Å². The number of nitrogens with one attached hydrogen (secondary N) is 2. The maximum absolute atomic E-state index is 12.2. The van der Waals surface area contributed by atoms with Crippen molar-refractivity contribution in [2.75, 3.05) is 0 Å². The molecule has 0 saturated carbocycles. The van der Waals surface area contributed by atoms with Gasteiger partial charge >= 0.3 is 23.2 Å². The summed E-state index contributed by atoms with van der Waals surface area (Å²) in [6.45, 7) is 0. The van der Waals surface area contributed by atoms with Crippen LogP contribution in [-0.4, -0.2) is 21.3 Å². The number of benzene rings is 1. The van der Waals surface area contributed by atoms with Crippen molar-refractivity contribution in [3.63, 3.8) is 0 Å². The van der Waals surface area contributed by atoms with Crippen LogP contribution in [0, 0.1) is 10.1 Å². The van der Waals surface area contributed by atoms with Crippen LogP contribution < -0.4 is 15.9 Å². The van der Waals surface area contributed by atoms with Crippen molar-refractivity contribution in [2.24, 2.45) is 0 Å². The summed E-state index contributed by atoms with van der Waals surface area (Å²) in [5.41, 5.74) is -3.63. The molecule has 106 valence electrons. The number of nitro benzene ring substituents is 1. The number of alkyl halides is 3. The zero-order valence-corrected chi connectivity index (χ0v) is 9.28. The Labute approximate surface area is 106 Å². The first-order valence-corrected chi connectivity index (χ1v) is 4.88. The van der Waals surface area contributed by atoms with E-state index in [1.54, 1.807) is 0 Å². The molecule has 1 heterocycles. The topological polar surface area (TPSA) is 118 Å². The molecule has 20 heavy (non-hydrogen) atoms. The lowest BCUT2D eigenvalue weighted by atomic mass is 10.2. The minimum Gasteiger partial charge on any atom is -0.398 e. The summed E-state index contributed by atoms with van der Waals surface area (Å²) >= 11 is 0. The van der Waals surface area contributed by atoms with E-state index < -0.39 is 33.8 Å². The molecule has 0 radical (unpaired) electrons. The van der Waals surface area contributed by atoms with Gasteiger partial charge in [0.1, 0.15) is 0 Å². The molecule has 8 nitrogen and oxygen atoms in total. The fourth-order valence-electron chi connectivity index (χ4n) is 1.48. The van der Waals surface area contributed by atoms with Crippen LogP contribution in [0.2, 0.25) is 0 Å². The van der Waals surface area contributed by atoms with Crippen LogP contribution in [0.25, 0.3) is 11.0 Å². The lowest BCUT2D eigenvalue weighted by molar-refractivity contribution is -0.388. The van der Waals surface area contributed by atoms with Crippen LogP contribution >= 0.6 is 0 Å². The predicted molar refractivity (Wildman–Crippen MR) is 58.5 cm³/mol. The lowest BCUT2D eigenvalue weighted by Gasteiger charge is -2.09. The largest absolute Gasteiger partial charge is 0.573 e. The Morgan fingerprint density at radius 3 is 2.05 bits per heavy atom. The number of hydrogen-bond acceptors (Lipinski definition) is 5. The number of fused-ring (bicyclic) bond motifs is 1. The van der Waals surface area contributed by atoms with Gasteiger partial charge < -0.3 is 14.7 Å². The maximum atomic E-state index is 12.2. The Morgan fingerprint density at radius 1 is 1.10 bits per heavy atom. The molecule has 11 heteroatoms. The second-order valence-electron chi connectivity index (χ2n) is 3.58. The Bertz CT molecular complexity index is 807. The summed E-state index contributed by atoms with van der Waals surface area (Å²) in [4.78, 5) is 35.7. The first-order valence-electron chi connectivity index (χ1n) is 4.88. The van der Waals surface area contributed by atoms with Gasteiger partial charge in [-0.2, -0.15) is 0 Å². The number of ether oxygens (including phenoxy) is 1. The van der Waals surface area contributed by atoms with Crippen LogP contribution in [0.3, 0.4) is 0 Å². The van der Waals surface area contributed by atoms with E-state index in [2.05, 4.69) is 4.74 Å². The second kappa shape index (κ2) is 4.36. The second-order valence-corrected chi connectivity index (χ2v) is 3.58. The lowest BCUT2D eigenvalue weighted by Crippen LogP contribution is -2.29. The Morgan fingerprint density at radius 2 is 1.60 bits per heavy atom. The standard InChI is InChI=1S/C9H4F3N3O5/c10-9(11,12)20-6-2-4-3(1-5(6)15(18)19)13-7(16)8(17)14-4/h1-2H,(H,13,16)(H,14,17). The zero-order chi connectivity index (χ0) is 15.1. The molecule has 0 aliphatic heterocycles. The maximum Gasteiger partial charge on any atom is 0.573 e. The number of rotatable bonds is 2. The fourth-order valence-corrected chi connectivity index (χ4v) is 1.48. The molecule has 0 bridgehead atoms. The molecule has 2 aromatic rings. The van der Waals surface area contributed by atoms with Crippen LogP contribution in [0.4, 0.5) is 18.9 Å². The summed E-state index contributed by atoms with van der Waals surface area (Å²) in [7, 11) is 0. The van der Waals surface area contributed by atoms with Crippen molar-refractivity contribution < 1.29 is 22.8 Å². The minimum atomic E-state index is -5.14. The van der Waals surface area contributed by atoms with Crippen LogP contribution in [0.15, 0.2) is 21.7 Å². The quantitative estimate of drug-likeness (QED) is 0.486. The van der Waals surface area contributed by atoms with E-state index in [1.807, 2.05) is 9.97 Å². The Kier molecular flexibility index (Phi) is 2.96. The van der Waals surface area contributed by atoms with Crippen molar-refractivity contribution in [2.45, 2.75) is 6.36 Å². The third-order valence-corrected chi connectivity index (χ3v) is 2.22. The first kappa shape index (κ1) is 13.6. The van der Waals surface area contributed by atoms with Crippen molar-refractivity contribution >= 4 is 16.7 Å². The number of H-pyrrole nitrogens is 2. The van der Waals surface area contributed by atoms with Gasteiger partial charge in [0.25, 0.3) is 0 Å². The number of aromatic nitrogens is 2. The van der Waals surface area contributed by atoms with Crippen molar-refractivity contribution in [3.8, 4) is 5.75 Å². The van der Waals surface area contributed by atoms with Crippen LogP contribution in [-0.2, 0) is 0 Å². The van der Waals surface area contributed by atoms with E-state index in [4.69, 9.17) is 0 Å². The highest BCUT2D eigenvalue weighted by molar-refractivity contribution is 5.80. The molecule has 0 amide bonds. The van der Waals surface area contributed by atoms with Crippen LogP contribution in [0.5, 0.6) is 5.75 Å². The molecule has 0 fully saturated rings. The van der Waals surface area contributed by atoms with E-state index >= 15 is 0 Å². The summed E-state index contributed by atoms with van der Waals surface area (Å²) < 4.78 is 40.0. The number of halogens is 3. The van der Waals surface area contributed by atoms with E-state index in [1.165, 1.54) is 0 Å². The van der Waals surface area contributed by atoms with Gasteiger partial charge in [-0.05, 0) is 0 Å². The smallest absolute Gasteiger partial charge is 0.398 e. The van der Waals surface area contributed by atoms with Gasteiger partial charge in [0.2, 0.25) is 5.75 Å². The molecule has 0 atom stereocenters. The van der Waals surface area contributed by atoms with Gasteiger partial charge in [-0.3, -0.25) is 19.7 Å². The van der Waals surface area contributed by atoms with Crippen molar-refractivity contribution in [1.82, 2.24) is 9.97 Å². The highest BCUT2D eigenvalue weighted by atomic mass is 19.4. The molecule has 0 spiro atoms. The van der Waals surface area contributed by atoms with Gasteiger partial charge in [0.15, 0.2) is 0 Å². The third kappa shape index (κ3) is 2.60. The molecular formula is C9H4F3N3O5. The average molecular weight is 291 g/mol. The normalized spacial score (nSPS) is 11.6. The zero-order valence-electron chi connectivity index (χ0n) is 9.28. The monoisotopic (exact) mass is 291 g/mol. The number of nitrogens with zero attached hydrogens (tertiary/aromatic N) is 1. The fraction of sp³-hybridized carbons (Fsp3) is 0.111. The summed E-state index contributed by atoms with van der Waals surface area (Å²) in [5, 5.41) is 10.7. The predicted octanol–water partition coefficient (Wildman–Crippen LogP) is 1.02. The summed E-state index contributed by atoms with van der Waals surface area (Å²) in [5.74, 6) is -1.10. The molecule has 0 aliphatic rings. The van der Waals surface area contributed by atoms with Crippen molar-refractivity contribution in [3.05, 3.63) is 43.0 Å². The molecule has 0 saturated heterocycles. The van der Waals surface area contributed by atoms with Gasteiger partial charge in [0, 0.05) is 12.1 Å². The highest BCUT2D eigenvalue weighted by Gasteiger charge is 2.34. The molecule has 2 N–H and O–H groups in total. The minimum absolute atomic E-state index is 0.198. The van der Waals surface area contributed by atoms with E-state index in [9.17, 15) is 32.9 Å². The van der Waals surface area contributed by atoms with Gasteiger partial charge in [0.05, 0.1) is 16.0 Å². The number of nitro groups is 1. The summed E-state index contributed by atoms with van der Waals surface area (Å²) in [6.07, 6.45) is -5.14. The Balaban J connectivity index is 2.75. The average Bonchev–Trinajstić information content (AvgIpc) is 2.28. The first-order chi connectivity index (χ1) is 9.17. The molecule has 0 unspecified atom stereocenters. The molecule has 1 aromatic carbocycles. The molecule has 1 aromatic heterocycles. The Hall–Kier alpha value is -2.85. The number of hydrogen-bond donors (Lipinski definition) is 2. The van der Waals surface area contributed by atoms with E-state index in [-0.39, 0.29) is 11.0 Å². The third-order valence-electron chi connectivity index (χ3n) is 2.22.